The first-order valence-corrected chi connectivity index (χ1v) is 6.72. The highest BCUT2D eigenvalue weighted by atomic mass is 79.9. The molecule has 92 valence electrons. The lowest BCUT2D eigenvalue weighted by Crippen LogP contribution is -2.38. The molecule has 3 nitrogen and oxygen atoms in total. The molecule has 1 heterocycles. The number of carbonyl (C=O) groups is 1. The molecule has 1 aliphatic rings. The van der Waals surface area contributed by atoms with Crippen LogP contribution >= 0.6 is 27.5 Å². The van der Waals surface area contributed by atoms with Gasteiger partial charge < -0.3 is 10.0 Å². The predicted molar refractivity (Wildman–Crippen MR) is 70.6 cm³/mol. The van der Waals surface area contributed by atoms with E-state index in [-0.39, 0.29) is 17.0 Å². The van der Waals surface area contributed by atoms with Crippen molar-refractivity contribution in [3.05, 3.63) is 28.2 Å². The average Bonchev–Trinajstić information content (AvgIpc) is 2.32. The van der Waals surface area contributed by atoms with Gasteiger partial charge in [-0.2, -0.15) is 0 Å². The Morgan fingerprint density at radius 2 is 2.06 bits per heavy atom. The van der Waals surface area contributed by atoms with E-state index in [1.807, 2.05) is 0 Å². The third kappa shape index (κ3) is 2.93. The van der Waals surface area contributed by atoms with Crippen molar-refractivity contribution in [2.24, 2.45) is 0 Å². The summed E-state index contributed by atoms with van der Waals surface area (Å²) in [5.41, 5.74) is 0.340. The Hall–Kier alpha value is -0.740. The molecule has 5 heteroatoms. The van der Waals surface area contributed by atoms with E-state index in [1.54, 1.807) is 17.0 Å². The summed E-state index contributed by atoms with van der Waals surface area (Å²) >= 11 is 9.29. The first-order valence-electron chi connectivity index (χ1n) is 5.50. The minimum Gasteiger partial charge on any atom is -0.507 e. The van der Waals surface area contributed by atoms with Gasteiger partial charge in [0, 0.05) is 22.9 Å². The van der Waals surface area contributed by atoms with Crippen molar-refractivity contribution in [3.8, 4) is 5.75 Å². The Morgan fingerprint density at radius 1 is 1.41 bits per heavy atom. The zero-order valence-electron chi connectivity index (χ0n) is 9.20. The van der Waals surface area contributed by atoms with Crippen LogP contribution in [0.5, 0.6) is 5.75 Å². The Kier molecular flexibility index (Phi) is 3.94. The summed E-state index contributed by atoms with van der Waals surface area (Å²) in [6, 6.07) is 4.87. The molecule has 1 aromatic carbocycles. The standard InChI is InChI=1S/C12H13BrClNO2/c13-8-1-2-11(16)10(7-8)12(17)15-5-3-9(14)4-6-15/h1-2,7,9,16H,3-6H2. The lowest BCUT2D eigenvalue weighted by Gasteiger charge is -2.29. The first kappa shape index (κ1) is 12.7. The number of rotatable bonds is 1. The monoisotopic (exact) mass is 317 g/mol. The van der Waals surface area contributed by atoms with E-state index in [0.29, 0.717) is 18.7 Å². The number of carbonyl (C=O) groups excluding carboxylic acids is 1. The number of halogens is 2. The second kappa shape index (κ2) is 5.27. The zero-order valence-corrected chi connectivity index (χ0v) is 11.5. The van der Waals surface area contributed by atoms with Gasteiger partial charge in [-0.15, -0.1) is 11.6 Å². The van der Waals surface area contributed by atoms with Crippen molar-refractivity contribution < 1.29 is 9.90 Å². The zero-order chi connectivity index (χ0) is 12.4. The Labute approximate surface area is 114 Å². The van der Waals surface area contributed by atoms with E-state index in [1.165, 1.54) is 6.07 Å². The van der Waals surface area contributed by atoms with E-state index in [2.05, 4.69) is 15.9 Å². The Balaban J connectivity index is 2.16. The van der Waals surface area contributed by atoms with Crippen LogP contribution in [0.25, 0.3) is 0 Å². The summed E-state index contributed by atoms with van der Waals surface area (Å²) in [6.45, 7) is 1.30. The number of alkyl halides is 1. The number of piperidine rings is 1. The SMILES string of the molecule is O=C(c1cc(Br)ccc1O)N1CCC(Cl)CC1. The molecule has 1 fully saturated rings. The van der Waals surface area contributed by atoms with Crippen LogP contribution in [0.3, 0.4) is 0 Å². The van der Waals surface area contributed by atoms with Gasteiger partial charge in [-0.1, -0.05) is 15.9 Å². The lowest BCUT2D eigenvalue weighted by molar-refractivity contribution is 0.0723. The van der Waals surface area contributed by atoms with Crippen molar-refractivity contribution in [3.63, 3.8) is 0 Å². The van der Waals surface area contributed by atoms with Crippen molar-refractivity contribution in [2.45, 2.75) is 18.2 Å². The van der Waals surface area contributed by atoms with Crippen LogP contribution in [-0.2, 0) is 0 Å². The molecule has 0 spiro atoms. The number of phenolic OH excluding ortho intramolecular Hbond substituents is 1. The summed E-state index contributed by atoms with van der Waals surface area (Å²) in [7, 11) is 0. The highest BCUT2D eigenvalue weighted by molar-refractivity contribution is 9.10. The van der Waals surface area contributed by atoms with Gasteiger partial charge >= 0.3 is 0 Å². The second-order valence-electron chi connectivity index (χ2n) is 4.13. The molecule has 0 unspecified atom stereocenters. The quantitative estimate of drug-likeness (QED) is 0.809. The van der Waals surface area contributed by atoms with Crippen molar-refractivity contribution in [1.82, 2.24) is 4.90 Å². The van der Waals surface area contributed by atoms with Crippen molar-refractivity contribution >= 4 is 33.4 Å². The lowest BCUT2D eigenvalue weighted by atomic mass is 10.1. The maximum Gasteiger partial charge on any atom is 0.257 e. The van der Waals surface area contributed by atoms with E-state index in [4.69, 9.17) is 11.6 Å². The summed E-state index contributed by atoms with van der Waals surface area (Å²) in [4.78, 5) is 13.9. The third-order valence-electron chi connectivity index (χ3n) is 2.90. The third-order valence-corrected chi connectivity index (χ3v) is 3.83. The van der Waals surface area contributed by atoms with E-state index < -0.39 is 0 Å². The van der Waals surface area contributed by atoms with Gasteiger partial charge in [0.25, 0.3) is 5.91 Å². The molecule has 0 aliphatic carbocycles. The minimum absolute atomic E-state index is 0.0196. The molecule has 1 amide bonds. The molecule has 1 aromatic rings. The maximum absolute atomic E-state index is 12.2. The van der Waals surface area contributed by atoms with Crippen LogP contribution in [0, 0.1) is 0 Å². The molecule has 1 N–H and O–H groups in total. The molecule has 0 bridgehead atoms. The number of amides is 1. The smallest absolute Gasteiger partial charge is 0.257 e. The second-order valence-corrected chi connectivity index (χ2v) is 5.66. The normalized spacial score (nSPS) is 17.2. The molecular weight excluding hydrogens is 305 g/mol. The van der Waals surface area contributed by atoms with Crippen LogP contribution < -0.4 is 0 Å². The Bertz CT molecular complexity index is 431. The van der Waals surface area contributed by atoms with Crippen molar-refractivity contribution in [1.29, 1.82) is 0 Å². The summed E-state index contributed by atoms with van der Waals surface area (Å²) in [5, 5.41) is 9.86. The number of hydrogen-bond acceptors (Lipinski definition) is 2. The summed E-state index contributed by atoms with van der Waals surface area (Å²) < 4.78 is 0.783. The van der Waals surface area contributed by atoms with Gasteiger partial charge in [-0.05, 0) is 31.0 Å². The van der Waals surface area contributed by atoms with E-state index in [0.717, 1.165) is 17.3 Å². The molecule has 0 atom stereocenters. The van der Waals surface area contributed by atoms with Gasteiger partial charge in [-0.25, -0.2) is 0 Å². The molecule has 0 aromatic heterocycles. The fourth-order valence-corrected chi connectivity index (χ4v) is 2.46. The first-order chi connectivity index (χ1) is 8.08. The molecule has 0 radical (unpaired) electrons. The largest absolute Gasteiger partial charge is 0.507 e. The van der Waals surface area contributed by atoms with Crippen LogP contribution in [-0.4, -0.2) is 34.4 Å². The fraction of sp³-hybridized carbons (Fsp3) is 0.417. The topological polar surface area (TPSA) is 40.5 Å². The molecule has 17 heavy (non-hydrogen) atoms. The van der Waals surface area contributed by atoms with Gasteiger partial charge in [0.1, 0.15) is 5.75 Å². The molecule has 1 aliphatic heterocycles. The Morgan fingerprint density at radius 3 is 2.71 bits per heavy atom. The summed E-state index contributed by atoms with van der Waals surface area (Å²) in [6.07, 6.45) is 1.62. The van der Waals surface area contributed by atoms with Crippen LogP contribution in [0.4, 0.5) is 0 Å². The van der Waals surface area contributed by atoms with Gasteiger partial charge in [0.05, 0.1) is 5.56 Å². The average molecular weight is 319 g/mol. The summed E-state index contributed by atoms with van der Waals surface area (Å²) in [5.74, 6) is -0.112. The van der Waals surface area contributed by atoms with Gasteiger partial charge in [0.15, 0.2) is 0 Å². The number of aromatic hydroxyl groups is 1. The van der Waals surface area contributed by atoms with Crippen molar-refractivity contribution in [2.75, 3.05) is 13.1 Å². The predicted octanol–water partition coefficient (Wildman–Crippen LogP) is 3.00. The highest BCUT2D eigenvalue weighted by Gasteiger charge is 2.24. The number of phenols is 1. The highest BCUT2D eigenvalue weighted by Crippen LogP contribution is 2.25. The molecule has 2 rings (SSSR count). The van der Waals surface area contributed by atoms with E-state index >= 15 is 0 Å². The van der Waals surface area contributed by atoms with Crippen LogP contribution in [0.1, 0.15) is 23.2 Å². The number of hydrogen-bond donors (Lipinski definition) is 1. The number of likely N-dealkylation sites (tertiary alicyclic amines) is 1. The van der Waals surface area contributed by atoms with Gasteiger partial charge in [0.2, 0.25) is 0 Å². The fourth-order valence-electron chi connectivity index (χ4n) is 1.90. The van der Waals surface area contributed by atoms with Gasteiger partial charge in [-0.3, -0.25) is 4.79 Å². The number of benzene rings is 1. The van der Waals surface area contributed by atoms with E-state index in [9.17, 15) is 9.90 Å². The molecular formula is C12H13BrClNO2. The van der Waals surface area contributed by atoms with Crippen LogP contribution in [0.15, 0.2) is 22.7 Å². The maximum atomic E-state index is 12.2. The molecule has 0 saturated carbocycles. The number of nitrogens with zero attached hydrogens (tertiary/aromatic N) is 1. The minimum atomic E-state index is -0.132. The van der Waals surface area contributed by atoms with Crippen LogP contribution in [0.2, 0.25) is 0 Å². The molecule has 1 saturated heterocycles.